The Morgan fingerprint density at radius 2 is 0.820 bits per heavy atom. The molecule has 61 heavy (non-hydrogen) atoms. The molecule has 0 saturated heterocycles. The van der Waals surface area contributed by atoms with Gasteiger partial charge in [-0.2, -0.15) is 0 Å². The second-order valence-electron chi connectivity index (χ2n) is 15.1. The fraction of sp³-hybridized carbons (Fsp3) is 0.216. The van der Waals surface area contributed by atoms with Gasteiger partial charge in [-0.05, 0) is 134 Å². The highest BCUT2D eigenvalue weighted by molar-refractivity contribution is 7.43. The van der Waals surface area contributed by atoms with Crippen molar-refractivity contribution in [3.8, 4) is 46.0 Å². The molecular formula is C51H54O8P2. The van der Waals surface area contributed by atoms with E-state index in [2.05, 4.69) is 51.3 Å². The minimum Gasteiger partial charge on any atom is -0.493 e. The molecule has 2 atom stereocenters. The molecule has 8 nitrogen and oxygen atoms in total. The highest BCUT2D eigenvalue weighted by atomic mass is 31.2. The van der Waals surface area contributed by atoms with Crippen LogP contribution >= 0.6 is 17.2 Å². The minimum absolute atomic E-state index is 0.371. The fourth-order valence-corrected chi connectivity index (χ4v) is 8.98. The lowest BCUT2D eigenvalue weighted by molar-refractivity contribution is 0.358. The van der Waals surface area contributed by atoms with E-state index >= 15 is 0 Å². The first-order valence-electron chi connectivity index (χ1n) is 20.0. The monoisotopic (exact) mass is 856 g/mol. The van der Waals surface area contributed by atoms with Gasteiger partial charge in [0.1, 0.15) is 23.0 Å². The second kappa shape index (κ2) is 20.5. The molecule has 6 rings (SSSR count). The number of aryl methyl sites for hydroxylation is 4. The lowest BCUT2D eigenvalue weighted by Crippen LogP contribution is -2.18. The number of methoxy groups -OCH3 is 2. The summed E-state index contributed by atoms with van der Waals surface area (Å²) in [6.45, 7) is 20.1. The Balaban J connectivity index is 1.21. The number of ether oxygens (including phenoxy) is 2. The first kappa shape index (κ1) is 44.6. The second-order valence-corrected chi connectivity index (χ2v) is 17.1. The maximum absolute atomic E-state index is 6.48. The Kier molecular flexibility index (Phi) is 15.0. The van der Waals surface area contributed by atoms with Crippen molar-refractivity contribution < 1.29 is 36.6 Å². The SMILES string of the molecule is C=CCc1ccc(OP(Oc2ccc(C(C)(C)c3ccc(OP(Oc4ccc(CC=C)cc4OC)Oc4c(C)cccc4C)cc3)cc2)Oc2c(C)cccc2C)c(OC)c1. The van der Waals surface area contributed by atoms with Crippen LogP contribution in [0.4, 0.5) is 0 Å². The van der Waals surface area contributed by atoms with E-state index in [9.17, 15) is 0 Å². The summed E-state index contributed by atoms with van der Waals surface area (Å²) in [7, 11) is -0.643. The van der Waals surface area contributed by atoms with E-state index < -0.39 is 17.2 Å². The molecule has 316 valence electrons. The summed E-state index contributed by atoms with van der Waals surface area (Å²) in [6.07, 6.45) is 5.13. The van der Waals surface area contributed by atoms with E-state index in [4.69, 9.17) is 36.6 Å². The van der Waals surface area contributed by atoms with Gasteiger partial charge in [0.2, 0.25) is 0 Å². The molecule has 0 aliphatic heterocycles. The Morgan fingerprint density at radius 3 is 1.15 bits per heavy atom. The third-order valence-electron chi connectivity index (χ3n) is 10.2. The largest absolute Gasteiger partial charge is 0.530 e. The van der Waals surface area contributed by atoms with Gasteiger partial charge in [0.25, 0.3) is 0 Å². The van der Waals surface area contributed by atoms with Gasteiger partial charge in [-0.1, -0.05) is 98.8 Å². The standard InChI is InChI=1S/C51H54O8P2/c1-11-15-39-21-31-45(47(33-39)52-9)56-60(58-49-35(3)17-13-18-36(49)4)54-43-27-23-41(24-28-43)51(7,8)42-25-29-44(30-26-42)55-61(59-50-37(5)19-14-20-38(50)6)57-46-32-22-40(16-12-2)34-48(46)53-10/h11-14,17-34H,1-2,15-16H2,3-10H3. The minimum atomic E-state index is -1.94. The molecule has 0 fully saturated rings. The van der Waals surface area contributed by atoms with Gasteiger partial charge in [-0.15, -0.1) is 13.2 Å². The van der Waals surface area contributed by atoms with E-state index in [1.165, 1.54) is 0 Å². The molecule has 0 aromatic heterocycles. The topological polar surface area (TPSA) is 73.8 Å². The van der Waals surface area contributed by atoms with Crippen molar-refractivity contribution >= 4 is 17.2 Å². The lowest BCUT2D eigenvalue weighted by Gasteiger charge is -2.27. The molecule has 6 aromatic rings. The molecule has 2 unspecified atom stereocenters. The van der Waals surface area contributed by atoms with Crippen molar-refractivity contribution in [3.63, 3.8) is 0 Å². The van der Waals surface area contributed by atoms with Gasteiger partial charge in [-0.3, -0.25) is 0 Å². The molecule has 6 aromatic carbocycles. The van der Waals surface area contributed by atoms with E-state index in [-0.39, 0.29) is 5.41 Å². The maximum Gasteiger partial charge on any atom is 0.530 e. The summed E-state index contributed by atoms with van der Waals surface area (Å²) in [5.74, 6) is 4.85. The van der Waals surface area contributed by atoms with Gasteiger partial charge >= 0.3 is 17.2 Å². The van der Waals surface area contributed by atoms with Crippen LogP contribution in [0.3, 0.4) is 0 Å². The highest BCUT2D eigenvalue weighted by Gasteiger charge is 2.28. The van der Waals surface area contributed by atoms with E-state index in [0.717, 1.165) is 56.0 Å². The number of allylic oxidation sites excluding steroid dienone is 2. The van der Waals surface area contributed by atoms with E-state index in [1.54, 1.807) is 14.2 Å². The smallest absolute Gasteiger partial charge is 0.493 e. The molecule has 0 amide bonds. The lowest BCUT2D eigenvalue weighted by atomic mass is 9.78. The van der Waals surface area contributed by atoms with Crippen molar-refractivity contribution in [2.45, 2.75) is 59.8 Å². The average Bonchev–Trinajstić information content (AvgIpc) is 3.25. The van der Waals surface area contributed by atoms with Crippen molar-refractivity contribution in [1.82, 2.24) is 0 Å². The van der Waals surface area contributed by atoms with E-state index in [1.807, 2.05) is 137 Å². The van der Waals surface area contributed by atoms with Crippen molar-refractivity contribution in [2.75, 3.05) is 14.2 Å². The Labute approximate surface area is 363 Å². The predicted molar refractivity (Wildman–Crippen MR) is 248 cm³/mol. The summed E-state index contributed by atoms with van der Waals surface area (Å²) in [5, 5.41) is 0. The number of para-hydroxylation sites is 2. The molecule has 0 aliphatic carbocycles. The first-order chi connectivity index (χ1) is 29.4. The summed E-state index contributed by atoms with van der Waals surface area (Å²) < 4.78 is 50.1. The van der Waals surface area contributed by atoms with Crippen LogP contribution in [-0.2, 0) is 18.3 Å². The van der Waals surface area contributed by atoms with Crippen molar-refractivity contribution in [3.05, 3.63) is 191 Å². The van der Waals surface area contributed by atoms with Crippen LogP contribution in [0.2, 0.25) is 0 Å². The van der Waals surface area contributed by atoms with Gasteiger partial charge < -0.3 is 36.6 Å². The summed E-state index contributed by atoms with van der Waals surface area (Å²) in [5.41, 5.74) is 7.85. The van der Waals surface area contributed by atoms with Crippen LogP contribution in [0.15, 0.2) is 147 Å². The molecule has 0 saturated carbocycles. The predicted octanol–water partition coefficient (Wildman–Crippen LogP) is 14.2. The van der Waals surface area contributed by atoms with Crippen molar-refractivity contribution in [1.29, 1.82) is 0 Å². The van der Waals surface area contributed by atoms with Crippen LogP contribution in [0, 0.1) is 27.7 Å². The molecule has 0 aliphatic rings. The number of rotatable bonds is 20. The third-order valence-corrected chi connectivity index (χ3v) is 12.3. The van der Waals surface area contributed by atoms with Crippen molar-refractivity contribution in [2.24, 2.45) is 0 Å². The molecule has 0 spiro atoms. The summed E-state index contributed by atoms with van der Waals surface area (Å²) >= 11 is 0. The number of hydrogen-bond acceptors (Lipinski definition) is 8. The zero-order chi connectivity index (χ0) is 43.5. The average molecular weight is 857 g/mol. The highest BCUT2D eigenvalue weighted by Crippen LogP contribution is 2.49. The van der Waals surface area contributed by atoms with Gasteiger partial charge in [0.15, 0.2) is 23.0 Å². The van der Waals surface area contributed by atoms with Crippen LogP contribution in [0.1, 0.15) is 58.4 Å². The van der Waals surface area contributed by atoms with Gasteiger partial charge in [0, 0.05) is 5.41 Å². The van der Waals surface area contributed by atoms with Crippen LogP contribution in [0.25, 0.3) is 0 Å². The summed E-state index contributed by atoms with van der Waals surface area (Å²) in [6, 6.07) is 39.7. The van der Waals surface area contributed by atoms with Crippen LogP contribution in [0.5, 0.6) is 46.0 Å². The molecule has 0 heterocycles. The number of hydrogen-bond donors (Lipinski definition) is 0. The Bertz CT molecular complexity index is 2220. The molecule has 0 bridgehead atoms. The fourth-order valence-electron chi connectivity index (χ4n) is 6.67. The van der Waals surface area contributed by atoms with Gasteiger partial charge in [-0.25, -0.2) is 0 Å². The first-order valence-corrected chi connectivity index (χ1v) is 22.2. The zero-order valence-electron chi connectivity index (χ0n) is 36.2. The van der Waals surface area contributed by atoms with E-state index in [0.29, 0.717) is 47.3 Å². The molecular weight excluding hydrogens is 803 g/mol. The molecule has 10 heteroatoms. The number of benzene rings is 6. The van der Waals surface area contributed by atoms with Crippen LogP contribution < -0.4 is 36.6 Å². The quantitative estimate of drug-likeness (QED) is 0.0555. The Hall–Kier alpha value is -5.94. The molecule has 0 N–H and O–H groups in total. The third kappa shape index (κ3) is 11.3. The molecule has 0 radical (unpaired) electrons. The summed E-state index contributed by atoms with van der Waals surface area (Å²) in [4.78, 5) is 0. The van der Waals surface area contributed by atoms with Gasteiger partial charge in [0.05, 0.1) is 14.2 Å². The zero-order valence-corrected chi connectivity index (χ0v) is 38.0. The Morgan fingerprint density at radius 1 is 0.459 bits per heavy atom. The maximum atomic E-state index is 6.48. The van der Waals surface area contributed by atoms with Crippen LogP contribution in [-0.4, -0.2) is 14.2 Å². The normalized spacial score (nSPS) is 12.1.